The number of ether oxygens (including phenoxy) is 1. The first-order valence-electron chi connectivity index (χ1n) is 12.3. The van der Waals surface area contributed by atoms with E-state index in [4.69, 9.17) is 32.0 Å². The normalized spacial score (nSPS) is 27.6. The molecule has 2 aliphatic rings. The average Bonchev–Trinajstić information content (AvgIpc) is 3.12. The van der Waals surface area contributed by atoms with Gasteiger partial charge in [-0.2, -0.15) is 0 Å². The van der Waals surface area contributed by atoms with Crippen molar-refractivity contribution < 1.29 is 38.4 Å². The molecule has 0 radical (unpaired) electrons. The van der Waals surface area contributed by atoms with Crippen molar-refractivity contribution in [2.75, 3.05) is 6.61 Å². The molecule has 3 N–H and O–H groups in total. The number of aliphatic hydroxyl groups is 2. The number of nitrogens with zero attached hydrogens (tertiary/aromatic N) is 1. The summed E-state index contributed by atoms with van der Waals surface area (Å²) < 4.78 is 17.4. The van der Waals surface area contributed by atoms with Crippen LogP contribution in [0.1, 0.15) is 40.0 Å². The van der Waals surface area contributed by atoms with E-state index in [1.54, 1.807) is 51.1 Å². The molecular weight excluding hydrogens is 531 g/mol. The van der Waals surface area contributed by atoms with Crippen LogP contribution in [0, 0.1) is 18.3 Å². The Morgan fingerprint density at radius 1 is 1.34 bits per heavy atom. The van der Waals surface area contributed by atoms with Crippen LogP contribution in [0.4, 0.5) is 0 Å². The molecule has 1 aliphatic carbocycles. The van der Waals surface area contributed by atoms with Crippen molar-refractivity contribution in [3.05, 3.63) is 42.6 Å². The lowest BCUT2D eigenvalue weighted by Crippen LogP contribution is -2.54. The van der Waals surface area contributed by atoms with E-state index in [1.807, 2.05) is 0 Å². The number of benzene rings is 1. The van der Waals surface area contributed by atoms with Crippen LogP contribution in [0.15, 0.2) is 42.6 Å². The average molecular weight is 565 g/mol. The van der Waals surface area contributed by atoms with Gasteiger partial charge in [0, 0.05) is 12.1 Å². The molecule has 1 amide bonds. The number of rotatable bonds is 11. The topological polar surface area (TPSA) is 135 Å². The molecule has 206 valence electrons. The van der Waals surface area contributed by atoms with Crippen LogP contribution in [0.2, 0.25) is 0 Å². The molecule has 0 spiro atoms. The molecule has 1 unspecified atom stereocenters. The SMILES string of the molecule is C#C[C@@]1(O)[C@H](O)[C@@H](COP(=S)(N[C@@H](CC)C(=O)OC(C)C)Oc2ccccc2)C[C@H]1N1C=CC(=O)CC1=O. The Bertz CT molecular complexity index is 1150. The molecule has 1 aliphatic heterocycles. The second kappa shape index (κ2) is 12.5. The maximum absolute atomic E-state index is 12.6. The van der Waals surface area contributed by atoms with Gasteiger partial charge in [0.2, 0.25) is 5.91 Å². The molecule has 0 bridgehead atoms. The van der Waals surface area contributed by atoms with Gasteiger partial charge in [0.25, 0.3) is 0 Å². The second-order valence-electron chi connectivity index (χ2n) is 9.46. The van der Waals surface area contributed by atoms with E-state index < -0.39 is 48.2 Å². The van der Waals surface area contributed by atoms with Crippen LogP contribution in [-0.2, 0) is 35.5 Å². The van der Waals surface area contributed by atoms with E-state index in [9.17, 15) is 24.6 Å². The van der Waals surface area contributed by atoms with Gasteiger partial charge in [-0.3, -0.25) is 14.4 Å². The minimum absolute atomic E-state index is 0.0689. The van der Waals surface area contributed by atoms with Gasteiger partial charge in [-0.15, -0.1) is 6.42 Å². The third kappa shape index (κ3) is 6.89. The summed E-state index contributed by atoms with van der Waals surface area (Å²) in [5, 5.41) is 25.2. The number of ketones is 1. The molecule has 6 atom stereocenters. The highest BCUT2D eigenvalue weighted by atomic mass is 32.5. The standard InChI is InChI=1S/C26H33N2O8PS/c1-5-21(25(32)35-17(3)4)27-37(38,36-20-10-8-7-9-11-20)34-16-18-14-22(26(33,6-2)24(18)31)28-13-12-19(29)15-23(28)30/h2,7-13,17-18,21-22,24,31,33H,5,14-16H2,1,3-4H3,(H,27,38)/t18-,21+,22-,24-,26+,37?/m1/s1. The lowest BCUT2D eigenvalue weighted by molar-refractivity contribution is -0.149. The Balaban J connectivity index is 1.82. The maximum Gasteiger partial charge on any atom is 0.323 e. The minimum atomic E-state index is -3.41. The first kappa shape index (κ1) is 30.0. The summed E-state index contributed by atoms with van der Waals surface area (Å²) in [6.07, 6.45) is 6.36. The van der Waals surface area contributed by atoms with Crippen molar-refractivity contribution in [2.24, 2.45) is 5.92 Å². The smallest absolute Gasteiger partial charge is 0.323 e. The highest BCUT2D eigenvalue weighted by molar-refractivity contribution is 8.09. The van der Waals surface area contributed by atoms with E-state index in [0.29, 0.717) is 12.2 Å². The Morgan fingerprint density at radius 3 is 2.61 bits per heavy atom. The van der Waals surface area contributed by atoms with Gasteiger partial charge in [0.15, 0.2) is 11.4 Å². The highest BCUT2D eigenvalue weighted by Gasteiger charge is 2.56. The largest absolute Gasteiger partial charge is 0.462 e. The lowest BCUT2D eigenvalue weighted by Gasteiger charge is -2.35. The van der Waals surface area contributed by atoms with Crippen LogP contribution < -0.4 is 9.61 Å². The molecule has 1 aromatic rings. The second-order valence-corrected chi connectivity index (χ2v) is 12.6. The molecular formula is C26H33N2O8PS. The number of allylic oxidation sites excluding steroid dienone is 1. The molecule has 3 rings (SSSR count). The zero-order chi connectivity index (χ0) is 28.1. The summed E-state index contributed by atoms with van der Waals surface area (Å²) in [6.45, 7) is 1.65. The number of para-hydroxylation sites is 1. The van der Waals surface area contributed by atoms with Gasteiger partial charge in [-0.1, -0.05) is 31.0 Å². The van der Waals surface area contributed by atoms with Crippen molar-refractivity contribution in [1.29, 1.82) is 0 Å². The lowest BCUT2D eigenvalue weighted by atomic mass is 9.93. The summed E-state index contributed by atoms with van der Waals surface area (Å²) in [5.74, 6) is 0.490. The summed E-state index contributed by atoms with van der Waals surface area (Å²) >= 11 is 5.75. The van der Waals surface area contributed by atoms with Crippen LogP contribution in [0.25, 0.3) is 0 Å². The van der Waals surface area contributed by atoms with Crippen LogP contribution >= 0.6 is 6.64 Å². The fourth-order valence-corrected chi connectivity index (χ4v) is 6.82. The van der Waals surface area contributed by atoms with Crippen molar-refractivity contribution in [1.82, 2.24) is 9.99 Å². The number of carbonyl (C=O) groups is 3. The number of aliphatic hydroxyl groups excluding tert-OH is 1. The molecule has 38 heavy (non-hydrogen) atoms. The van der Waals surface area contributed by atoms with Crippen LogP contribution in [0.3, 0.4) is 0 Å². The first-order chi connectivity index (χ1) is 17.9. The van der Waals surface area contributed by atoms with Crippen molar-refractivity contribution in [3.8, 4) is 18.1 Å². The molecule has 12 heteroatoms. The monoisotopic (exact) mass is 564 g/mol. The van der Waals surface area contributed by atoms with E-state index in [2.05, 4.69) is 11.0 Å². The van der Waals surface area contributed by atoms with Gasteiger partial charge in [0.1, 0.15) is 17.9 Å². The van der Waals surface area contributed by atoms with E-state index in [1.165, 1.54) is 17.2 Å². The fourth-order valence-electron chi connectivity index (χ4n) is 4.36. The summed E-state index contributed by atoms with van der Waals surface area (Å²) in [6, 6.07) is 6.89. The van der Waals surface area contributed by atoms with E-state index >= 15 is 0 Å². The third-order valence-corrected chi connectivity index (χ3v) is 8.74. The number of hydrogen-bond acceptors (Lipinski definition) is 9. The number of hydrogen-bond donors (Lipinski definition) is 3. The molecule has 1 fully saturated rings. The summed E-state index contributed by atoms with van der Waals surface area (Å²) in [7, 11) is 0. The van der Waals surface area contributed by atoms with Gasteiger partial charge in [-0.05, 0) is 56.7 Å². The van der Waals surface area contributed by atoms with Gasteiger partial charge in [0.05, 0.1) is 25.2 Å². The molecule has 1 saturated carbocycles. The zero-order valence-electron chi connectivity index (χ0n) is 21.5. The summed E-state index contributed by atoms with van der Waals surface area (Å²) in [5.41, 5.74) is -2.09. The predicted molar refractivity (Wildman–Crippen MR) is 143 cm³/mol. The zero-order valence-corrected chi connectivity index (χ0v) is 23.2. The molecule has 1 heterocycles. The Kier molecular flexibility index (Phi) is 9.87. The molecule has 0 saturated heterocycles. The van der Waals surface area contributed by atoms with Gasteiger partial charge >= 0.3 is 12.6 Å². The van der Waals surface area contributed by atoms with Crippen LogP contribution in [-0.4, -0.2) is 69.3 Å². The number of esters is 1. The molecule has 0 aromatic heterocycles. The van der Waals surface area contributed by atoms with Crippen molar-refractivity contribution in [2.45, 2.75) is 69.9 Å². The fraction of sp³-hybridized carbons (Fsp3) is 0.500. The van der Waals surface area contributed by atoms with Gasteiger partial charge < -0.3 is 28.9 Å². The highest BCUT2D eigenvalue weighted by Crippen LogP contribution is 2.48. The molecule has 1 aromatic carbocycles. The number of terminal acetylenes is 1. The third-order valence-electron chi connectivity index (χ3n) is 6.32. The minimum Gasteiger partial charge on any atom is -0.462 e. The van der Waals surface area contributed by atoms with Crippen molar-refractivity contribution >= 4 is 36.1 Å². The maximum atomic E-state index is 12.6. The Labute approximate surface area is 227 Å². The molecule has 10 nitrogen and oxygen atoms in total. The number of nitrogens with one attached hydrogen (secondary N) is 1. The van der Waals surface area contributed by atoms with Crippen molar-refractivity contribution in [3.63, 3.8) is 0 Å². The predicted octanol–water partition coefficient (Wildman–Crippen LogP) is 2.06. The van der Waals surface area contributed by atoms with E-state index in [0.717, 1.165) is 0 Å². The number of carbonyl (C=O) groups excluding carboxylic acids is 3. The van der Waals surface area contributed by atoms with Crippen LogP contribution in [0.5, 0.6) is 5.75 Å². The summed E-state index contributed by atoms with van der Waals surface area (Å²) in [4.78, 5) is 37.9. The Morgan fingerprint density at radius 2 is 2.03 bits per heavy atom. The first-order valence-corrected chi connectivity index (χ1v) is 14.9. The Hall–Kier alpha value is -2.58. The van der Waals surface area contributed by atoms with E-state index in [-0.39, 0.29) is 31.3 Å². The number of amides is 1. The van der Waals surface area contributed by atoms with Gasteiger partial charge in [-0.25, -0.2) is 5.09 Å². The quantitative estimate of drug-likeness (QED) is 0.159.